The summed E-state index contributed by atoms with van der Waals surface area (Å²) in [5.41, 5.74) is 5.48. The van der Waals surface area contributed by atoms with Gasteiger partial charge in [0.25, 0.3) is 0 Å². The van der Waals surface area contributed by atoms with Crippen molar-refractivity contribution in [2.45, 2.75) is 32.1 Å². The van der Waals surface area contributed by atoms with Crippen molar-refractivity contribution in [3.63, 3.8) is 0 Å². The summed E-state index contributed by atoms with van der Waals surface area (Å²) in [6.07, 6.45) is 2.60. The number of ether oxygens (including phenoxy) is 1. The molecule has 0 unspecified atom stereocenters. The van der Waals surface area contributed by atoms with E-state index in [1.807, 2.05) is 12.1 Å². The quantitative estimate of drug-likeness (QED) is 0.838. The molecule has 2 rings (SSSR count). The SMILES string of the molecule is CN1CCC(OCc2ccc(CN)o2)CC1. The number of hydrogen-bond donors (Lipinski definition) is 1. The molecule has 1 aliphatic rings. The number of likely N-dealkylation sites (tertiary alicyclic amines) is 1. The maximum absolute atomic E-state index is 5.81. The maximum atomic E-state index is 5.81. The molecule has 0 amide bonds. The maximum Gasteiger partial charge on any atom is 0.129 e. The van der Waals surface area contributed by atoms with E-state index in [2.05, 4.69) is 11.9 Å². The molecular weight excluding hydrogens is 204 g/mol. The monoisotopic (exact) mass is 224 g/mol. The molecule has 1 aliphatic heterocycles. The highest BCUT2D eigenvalue weighted by Crippen LogP contribution is 2.15. The van der Waals surface area contributed by atoms with Gasteiger partial charge in [0, 0.05) is 13.1 Å². The topological polar surface area (TPSA) is 51.6 Å². The van der Waals surface area contributed by atoms with Gasteiger partial charge in [0.1, 0.15) is 18.1 Å². The Morgan fingerprint density at radius 1 is 1.38 bits per heavy atom. The largest absolute Gasteiger partial charge is 0.462 e. The van der Waals surface area contributed by atoms with Crippen molar-refractivity contribution in [1.82, 2.24) is 4.90 Å². The molecule has 1 aromatic rings. The van der Waals surface area contributed by atoms with Crippen molar-refractivity contribution < 1.29 is 9.15 Å². The van der Waals surface area contributed by atoms with Gasteiger partial charge in [-0.05, 0) is 32.0 Å². The van der Waals surface area contributed by atoms with Crippen LogP contribution >= 0.6 is 0 Å². The third-order valence-electron chi connectivity index (χ3n) is 3.05. The number of nitrogens with zero attached hydrogens (tertiary/aromatic N) is 1. The molecule has 2 N–H and O–H groups in total. The van der Waals surface area contributed by atoms with Crippen LogP contribution in [0.4, 0.5) is 0 Å². The van der Waals surface area contributed by atoms with Crippen molar-refractivity contribution in [3.05, 3.63) is 23.7 Å². The van der Waals surface area contributed by atoms with Crippen LogP contribution in [0.15, 0.2) is 16.5 Å². The lowest BCUT2D eigenvalue weighted by atomic mass is 10.1. The minimum absolute atomic E-state index is 0.377. The molecule has 0 saturated carbocycles. The number of furan rings is 1. The highest BCUT2D eigenvalue weighted by Gasteiger charge is 2.17. The Hall–Kier alpha value is -0.840. The van der Waals surface area contributed by atoms with E-state index in [9.17, 15) is 0 Å². The van der Waals surface area contributed by atoms with E-state index in [0.717, 1.165) is 37.5 Å². The summed E-state index contributed by atoms with van der Waals surface area (Å²) in [7, 11) is 2.15. The lowest BCUT2D eigenvalue weighted by Crippen LogP contribution is -2.34. The van der Waals surface area contributed by atoms with Crippen LogP contribution in [0.25, 0.3) is 0 Å². The van der Waals surface area contributed by atoms with Crippen LogP contribution in [0.3, 0.4) is 0 Å². The van der Waals surface area contributed by atoms with Gasteiger partial charge in [-0.25, -0.2) is 0 Å². The van der Waals surface area contributed by atoms with Gasteiger partial charge in [-0.2, -0.15) is 0 Å². The van der Waals surface area contributed by atoms with Crippen LogP contribution in [0.1, 0.15) is 24.4 Å². The lowest BCUT2D eigenvalue weighted by molar-refractivity contribution is -0.00508. The van der Waals surface area contributed by atoms with E-state index in [0.29, 0.717) is 19.3 Å². The Kier molecular flexibility index (Phi) is 3.98. The van der Waals surface area contributed by atoms with Crippen molar-refractivity contribution in [2.75, 3.05) is 20.1 Å². The van der Waals surface area contributed by atoms with Gasteiger partial charge in [-0.15, -0.1) is 0 Å². The summed E-state index contributed by atoms with van der Waals surface area (Å²) >= 11 is 0. The molecule has 1 aromatic heterocycles. The van der Waals surface area contributed by atoms with Crippen LogP contribution in [0.2, 0.25) is 0 Å². The molecule has 1 fully saturated rings. The fourth-order valence-electron chi connectivity index (χ4n) is 1.96. The van der Waals surface area contributed by atoms with Crippen LogP contribution in [0.5, 0.6) is 0 Å². The summed E-state index contributed by atoms with van der Waals surface area (Å²) in [5.74, 6) is 1.70. The van der Waals surface area contributed by atoms with Gasteiger partial charge in [-0.1, -0.05) is 0 Å². The molecule has 4 nitrogen and oxygen atoms in total. The summed E-state index contributed by atoms with van der Waals surface area (Å²) in [4.78, 5) is 2.33. The van der Waals surface area contributed by atoms with Crippen molar-refractivity contribution in [2.24, 2.45) is 5.73 Å². The van der Waals surface area contributed by atoms with Gasteiger partial charge in [0.2, 0.25) is 0 Å². The normalized spacial score (nSPS) is 19.1. The van der Waals surface area contributed by atoms with E-state index in [1.165, 1.54) is 0 Å². The zero-order valence-corrected chi connectivity index (χ0v) is 9.82. The first kappa shape index (κ1) is 11.6. The van der Waals surface area contributed by atoms with E-state index >= 15 is 0 Å². The molecule has 0 aliphatic carbocycles. The highest BCUT2D eigenvalue weighted by atomic mass is 16.5. The van der Waals surface area contributed by atoms with Crippen molar-refractivity contribution in [3.8, 4) is 0 Å². The lowest BCUT2D eigenvalue weighted by Gasteiger charge is -2.28. The standard InChI is InChI=1S/C12H20N2O2/c1-14-6-4-10(5-7-14)15-9-12-3-2-11(8-13)16-12/h2-3,10H,4-9,13H2,1H3. The third-order valence-corrected chi connectivity index (χ3v) is 3.05. The highest BCUT2D eigenvalue weighted by molar-refractivity contribution is 5.05. The minimum Gasteiger partial charge on any atom is -0.462 e. The van der Waals surface area contributed by atoms with Crippen LogP contribution in [-0.4, -0.2) is 31.1 Å². The molecule has 1 saturated heterocycles. The number of nitrogens with two attached hydrogens (primary N) is 1. The van der Waals surface area contributed by atoms with Gasteiger partial charge >= 0.3 is 0 Å². The zero-order chi connectivity index (χ0) is 11.4. The molecule has 4 heteroatoms. The fraction of sp³-hybridized carbons (Fsp3) is 0.667. The summed E-state index contributed by atoms with van der Waals surface area (Å²) < 4.78 is 11.3. The number of rotatable bonds is 4. The Morgan fingerprint density at radius 3 is 2.69 bits per heavy atom. The zero-order valence-electron chi connectivity index (χ0n) is 9.82. The average Bonchev–Trinajstić information content (AvgIpc) is 2.76. The van der Waals surface area contributed by atoms with Crippen molar-refractivity contribution in [1.29, 1.82) is 0 Å². The van der Waals surface area contributed by atoms with E-state index in [4.69, 9.17) is 14.9 Å². The molecular formula is C12H20N2O2. The van der Waals surface area contributed by atoms with Crippen molar-refractivity contribution >= 4 is 0 Å². The van der Waals surface area contributed by atoms with E-state index < -0.39 is 0 Å². The minimum atomic E-state index is 0.377. The second-order valence-electron chi connectivity index (χ2n) is 4.39. The van der Waals surface area contributed by atoms with Gasteiger partial charge < -0.3 is 19.8 Å². The summed E-state index contributed by atoms with van der Waals surface area (Å²) in [6, 6.07) is 3.85. The van der Waals surface area contributed by atoms with Crippen LogP contribution < -0.4 is 5.73 Å². The first-order valence-corrected chi connectivity index (χ1v) is 5.85. The Balaban J connectivity index is 1.74. The molecule has 0 bridgehead atoms. The number of piperidine rings is 1. The van der Waals surface area contributed by atoms with E-state index in [1.54, 1.807) is 0 Å². The molecule has 0 aromatic carbocycles. The van der Waals surface area contributed by atoms with Gasteiger partial charge in [-0.3, -0.25) is 0 Å². The third kappa shape index (κ3) is 3.07. The number of hydrogen-bond acceptors (Lipinski definition) is 4. The smallest absolute Gasteiger partial charge is 0.129 e. The van der Waals surface area contributed by atoms with Gasteiger partial charge in [0.15, 0.2) is 0 Å². The molecule has 0 spiro atoms. The van der Waals surface area contributed by atoms with Crippen LogP contribution in [-0.2, 0) is 17.9 Å². The molecule has 0 atom stereocenters. The molecule has 0 radical (unpaired) electrons. The molecule has 90 valence electrons. The second kappa shape index (κ2) is 5.48. The molecule has 2 heterocycles. The Bertz CT molecular complexity index is 317. The second-order valence-corrected chi connectivity index (χ2v) is 4.39. The first-order valence-electron chi connectivity index (χ1n) is 5.85. The van der Waals surface area contributed by atoms with E-state index in [-0.39, 0.29) is 0 Å². The van der Waals surface area contributed by atoms with Gasteiger partial charge in [0.05, 0.1) is 12.6 Å². The summed E-state index contributed by atoms with van der Waals surface area (Å²) in [6.45, 7) is 3.26. The summed E-state index contributed by atoms with van der Waals surface area (Å²) in [5, 5.41) is 0. The first-order chi connectivity index (χ1) is 7.78. The predicted molar refractivity (Wildman–Crippen MR) is 61.9 cm³/mol. The predicted octanol–water partition coefficient (Wildman–Crippen LogP) is 1.35. The van der Waals surface area contributed by atoms with Crippen LogP contribution in [0, 0.1) is 0 Å². The molecule has 16 heavy (non-hydrogen) atoms. The Morgan fingerprint density at radius 2 is 2.06 bits per heavy atom. The fourth-order valence-corrected chi connectivity index (χ4v) is 1.96. The Labute approximate surface area is 96.4 Å². The average molecular weight is 224 g/mol.